The molecule has 0 saturated heterocycles. The van der Waals surface area contributed by atoms with E-state index in [0.29, 0.717) is 18.2 Å². The molecule has 1 aromatic carbocycles. The van der Waals surface area contributed by atoms with Crippen LogP contribution in [0.15, 0.2) is 30.5 Å². The van der Waals surface area contributed by atoms with E-state index in [4.69, 9.17) is 0 Å². The first-order chi connectivity index (χ1) is 9.60. The molecule has 5 heteroatoms. The molecule has 0 radical (unpaired) electrons. The second-order valence-corrected chi connectivity index (χ2v) is 4.88. The van der Waals surface area contributed by atoms with Gasteiger partial charge in [0.1, 0.15) is 11.6 Å². The third-order valence-electron chi connectivity index (χ3n) is 3.34. The number of hydrogen-bond acceptors (Lipinski definition) is 2. The number of aromatic nitrogens is 2. The van der Waals surface area contributed by atoms with E-state index in [1.165, 1.54) is 6.07 Å². The van der Waals surface area contributed by atoms with Crippen molar-refractivity contribution in [1.29, 1.82) is 0 Å². The van der Waals surface area contributed by atoms with Crippen LogP contribution in [0.25, 0.3) is 0 Å². The molecular formula is C15H19F2N3. The van der Waals surface area contributed by atoms with Crippen LogP contribution >= 0.6 is 0 Å². The molecule has 1 heterocycles. The first-order valence-electron chi connectivity index (χ1n) is 6.78. The Kier molecular flexibility index (Phi) is 4.84. The Morgan fingerprint density at radius 1 is 1.25 bits per heavy atom. The number of nitrogens with zero attached hydrogens (tertiary/aromatic N) is 2. The minimum atomic E-state index is -0.427. The van der Waals surface area contributed by atoms with Gasteiger partial charge in [0.25, 0.3) is 0 Å². The van der Waals surface area contributed by atoms with Crippen molar-refractivity contribution in [3.8, 4) is 0 Å². The summed E-state index contributed by atoms with van der Waals surface area (Å²) in [6, 6.07) is 5.77. The van der Waals surface area contributed by atoms with Gasteiger partial charge in [0, 0.05) is 30.9 Å². The lowest BCUT2D eigenvalue weighted by Gasteiger charge is -2.08. The quantitative estimate of drug-likeness (QED) is 0.878. The average molecular weight is 279 g/mol. The molecule has 108 valence electrons. The van der Waals surface area contributed by atoms with Gasteiger partial charge < -0.3 is 5.32 Å². The van der Waals surface area contributed by atoms with Crippen LogP contribution in [-0.4, -0.2) is 9.78 Å². The van der Waals surface area contributed by atoms with E-state index in [2.05, 4.69) is 24.3 Å². The van der Waals surface area contributed by atoms with E-state index in [-0.39, 0.29) is 6.54 Å². The summed E-state index contributed by atoms with van der Waals surface area (Å²) in [6.45, 7) is 5.02. The van der Waals surface area contributed by atoms with Gasteiger partial charge in [-0.2, -0.15) is 5.10 Å². The number of nitrogens with one attached hydrogen (secondary N) is 1. The summed E-state index contributed by atoms with van der Waals surface area (Å²) < 4.78 is 28.4. The molecule has 3 nitrogen and oxygen atoms in total. The van der Waals surface area contributed by atoms with E-state index >= 15 is 0 Å². The van der Waals surface area contributed by atoms with Gasteiger partial charge in [-0.05, 0) is 37.6 Å². The molecule has 1 unspecified atom stereocenters. The maximum absolute atomic E-state index is 13.4. The van der Waals surface area contributed by atoms with Gasteiger partial charge >= 0.3 is 0 Å². The normalized spacial score (nSPS) is 12.6. The highest BCUT2D eigenvalue weighted by molar-refractivity contribution is 5.18. The van der Waals surface area contributed by atoms with Gasteiger partial charge in [-0.15, -0.1) is 0 Å². The maximum atomic E-state index is 13.4. The lowest BCUT2D eigenvalue weighted by Crippen LogP contribution is -2.15. The number of hydrogen-bond donors (Lipinski definition) is 1. The Hall–Kier alpha value is -1.75. The van der Waals surface area contributed by atoms with E-state index in [9.17, 15) is 8.78 Å². The molecule has 0 aliphatic rings. The summed E-state index contributed by atoms with van der Waals surface area (Å²) in [5, 5.41) is 7.51. The first kappa shape index (κ1) is 14.7. The summed E-state index contributed by atoms with van der Waals surface area (Å²) in [6.07, 6.45) is 2.96. The summed E-state index contributed by atoms with van der Waals surface area (Å²) in [5.41, 5.74) is 1.22. The topological polar surface area (TPSA) is 29.9 Å². The third-order valence-corrected chi connectivity index (χ3v) is 3.34. The van der Waals surface area contributed by atoms with Crippen LogP contribution in [-0.2, 0) is 13.1 Å². The van der Waals surface area contributed by atoms with Crippen LogP contribution in [0.2, 0.25) is 0 Å². The van der Waals surface area contributed by atoms with Crippen LogP contribution in [0.4, 0.5) is 8.78 Å². The van der Waals surface area contributed by atoms with Crippen molar-refractivity contribution in [3.63, 3.8) is 0 Å². The Labute approximate surface area is 117 Å². The summed E-state index contributed by atoms with van der Waals surface area (Å²) >= 11 is 0. The number of halogens is 2. The fourth-order valence-electron chi connectivity index (χ4n) is 1.91. The molecule has 2 aromatic rings. The van der Waals surface area contributed by atoms with Crippen molar-refractivity contribution in [2.24, 2.45) is 0 Å². The summed E-state index contributed by atoms with van der Waals surface area (Å²) in [7, 11) is 0. The zero-order valence-electron chi connectivity index (χ0n) is 11.7. The van der Waals surface area contributed by atoms with Gasteiger partial charge in [-0.1, -0.05) is 6.92 Å². The predicted octanol–water partition coefficient (Wildman–Crippen LogP) is 3.42. The maximum Gasteiger partial charge on any atom is 0.127 e. The van der Waals surface area contributed by atoms with Crippen LogP contribution < -0.4 is 5.32 Å². The highest BCUT2D eigenvalue weighted by atomic mass is 19.1. The second-order valence-electron chi connectivity index (χ2n) is 4.88. The summed E-state index contributed by atoms with van der Waals surface area (Å²) in [5.74, 6) is -0.826. The molecule has 0 bridgehead atoms. The third kappa shape index (κ3) is 3.63. The van der Waals surface area contributed by atoms with Crippen LogP contribution in [0.1, 0.15) is 37.6 Å². The molecule has 1 aromatic heterocycles. The lowest BCUT2D eigenvalue weighted by molar-refractivity contribution is 0.471. The van der Waals surface area contributed by atoms with Gasteiger partial charge in [0.15, 0.2) is 0 Å². The van der Waals surface area contributed by atoms with Crippen molar-refractivity contribution < 1.29 is 8.78 Å². The lowest BCUT2D eigenvalue weighted by atomic mass is 10.2. The van der Waals surface area contributed by atoms with Gasteiger partial charge in [-0.3, -0.25) is 4.68 Å². The fourth-order valence-corrected chi connectivity index (χ4v) is 1.91. The van der Waals surface area contributed by atoms with Crippen molar-refractivity contribution in [2.45, 2.75) is 39.4 Å². The predicted molar refractivity (Wildman–Crippen MR) is 74.1 cm³/mol. The van der Waals surface area contributed by atoms with Crippen LogP contribution in [0, 0.1) is 11.6 Å². The van der Waals surface area contributed by atoms with Crippen molar-refractivity contribution in [2.75, 3.05) is 0 Å². The number of benzene rings is 1. The Bertz CT molecular complexity index is 566. The van der Waals surface area contributed by atoms with E-state index in [1.807, 2.05) is 16.9 Å². The summed E-state index contributed by atoms with van der Waals surface area (Å²) in [4.78, 5) is 0. The molecule has 0 aliphatic carbocycles. The number of rotatable bonds is 6. The smallest absolute Gasteiger partial charge is 0.127 e. The molecule has 20 heavy (non-hydrogen) atoms. The molecule has 1 N–H and O–H groups in total. The van der Waals surface area contributed by atoms with Crippen LogP contribution in [0.3, 0.4) is 0 Å². The molecule has 0 spiro atoms. The van der Waals surface area contributed by atoms with Gasteiger partial charge in [-0.25, -0.2) is 8.78 Å². The second kappa shape index (κ2) is 6.61. The van der Waals surface area contributed by atoms with E-state index < -0.39 is 11.6 Å². The molecular weight excluding hydrogens is 260 g/mol. The zero-order valence-corrected chi connectivity index (χ0v) is 11.7. The average Bonchev–Trinajstić information content (AvgIpc) is 2.90. The van der Waals surface area contributed by atoms with Crippen molar-refractivity contribution in [3.05, 3.63) is 53.4 Å². The Balaban J connectivity index is 1.89. The van der Waals surface area contributed by atoms with E-state index in [1.54, 1.807) is 0 Å². The molecule has 2 rings (SSSR count). The highest BCUT2D eigenvalue weighted by Gasteiger charge is 2.06. The molecule has 0 amide bonds. The van der Waals surface area contributed by atoms with Gasteiger partial charge in [0.2, 0.25) is 0 Å². The van der Waals surface area contributed by atoms with Crippen LogP contribution in [0.5, 0.6) is 0 Å². The first-order valence-corrected chi connectivity index (χ1v) is 6.78. The molecule has 0 fully saturated rings. The Morgan fingerprint density at radius 3 is 2.80 bits per heavy atom. The molecule has 0 aliphatic heterocycles. The minimum absolute atomic E-state index is 0.278. The van der Waals surface area contributed by atoms with Gasteiger partial charge in [0.05, 0.1) is 5.69 Å². The monoisotopic (exact) mass is 279 g/mol. The zero-order chi connectivity index (χ0) is 14.5. The largest absolute Gasteiger partial charge is 0.307 e. The fraction of sp³-hybridized carbons (Fsp3) is 0.400. The standard InChI is InChI=1S/C15H19F2N3/c1-3-11(2)20-7-6-14(19-20)10-18-9-12-8-13(16)4-5-15(12)17/h4-8,11,18H,3,9-10H2,1-2H3. The van der Waals surface area contributed by atoms with E-state index in [0.717, 1.165) is 24.2 Å². The van der Waals surface area contributed by atoms with Crippen molar-refractivity contribution in [1.82, 2.24) is 15.1 Å². The molecule has 0 saturated carbocycles. The minimum Gasteiger partial charge on any atom is -0.307 e. The highest BCUT2D eigenvalue weighted by Crippen LogP contribution is 2.11. The SMILES string of the molecule is CCC(C)n1ccc(CNCc2cc(F)ccc2F)n1. The molecule has 1 atom stereocenters. The Morgan fingerprint density at radius 2 is 2.05 bits per heavy atom. The van der Waals surface area contributed by atoms with Crippen molar-refractivity contribution >= 4 is 0 Å².